The van der Waals surface area contributed by atoms with Gasteiger partial charge >= 0.3 is 0 Å². The molecule has 0 N–H and O–H groups in total. The number of rotatable bonds is 4. The van der Waals surface area contributed by atoms with Gasteiger partial charge in [-0.1, -0.05) is 25.4 Å². The van der Waals surface area contributed by atoms with Crippen LogP contribution >= 0.6 is 23.2 Å². The van der Waals surface area contributed by atoms with E-state index in [1.165, 1.54) is 0 Å². The predicted octanol–water partition coefficient (Wildman–Crippen LogP) is 4.59. The maximum Gasteiger partial charge on any atom is 0.226 e. The number of hydrogen-bond donors (Lipinski definition) is 0. The summed E-state index contributed by atoms with van der Waals surface area (Å²) < 4.78 is 5.57. The Morgan fingerprint density at radius 2 is 2.06 bits per heavy atom. The first-order valence-electron chi connectivity index (χ1n) is 5.84. The minimum Gasteiger partial charge on any atom is -0.464 e. The molecule has 0 bridgehead atoms. The third kappa shape index (κ3) is 2.88. The molecule has 0 aliphatic heterocycles. The lowest BCUT2D eigenvalue weighted by atomic mass is 10.00. The molecule has 2 rings (SSSR count). The van der Waals surface area contributed by atoms with Crippen molar-refractivity contribution in [3.05, 3.63) is 34.5 Å². The summed E-state index contributed by atoms with van der Waals surface area (Å²) in [5.41, 5.74) is 2.67. The van der Waals surface area contributed by atoms with E-state index in [0.29, 0.717) is 10.9 Å². The maximum absolute atomic E-state index is 11.0. The Balaban J connectivity index is 2.53. The molecule has 4 heteroatoms. The fraction of sp³-hybridized carbons (Fsp3) is 0.357. The highest BCUT2D eigenvalue weighted by Gasteiger charge is 2.14. The number of hydrogen-bond acceptors (Lipinski definition) is 2. The van der Waals surface area contributed by atoms with Crippen LogP contribution in [0.25, 0.3) is 11.0 Å². The van der Waals surface area contributed by atoms with Crippen molar-refractivity contribution in [1.82, 2.24) is 0 Å². The second-order valence-corrected chi connectivity index (χ2v) is 5.69. The van der Waals surface area contributed by atoms with E-state index in [1.807, 2.05) is 12.1 Å². The van der Waals surface area contributed by atoms with E-state index < -0.39 is 5.24 Å². The topological polar surface area (TPSA) is 30.2 Å². The summed E-state index contributed by atoms with van der Waals surface area (Å²) in [7, 11) is 0. The molecule has 0 aliphatic rings. The monoisotopic (exact) mass is 284 g/mol. The van der Waals surface area contributed by atoms with E-state index in [9.17, 15) is 4.79 Å². The molecule has 0 unspecified atom stereocenters. The van der Waals surface area contributed by atoms with Gasteiger partial charge in [-0.25, -0.2) is 0 Å². The fourth-order valence-corrected chi connectivity index (χ4v) is 2.48. The summed E-state index contributed by atoms with van der Waals surface area (Å²) in [6.07, 6.45) is 2.64. The molecule has 0 saturated heterocycles. The van der Waals surface area contributed by atoms with Gasteiger partial charge in [-0.2, -0.15) is 0 Å². The van der Waals surface area contributed by atoms with Crippen LogP contribution in [0.15, 0.2) is 22.8 Å². The molecule has 1 aromatic carbocycles. The predicted molar refractivity (Wildman–Crippen MR) is 74.3 cm³/mol. The van der Waals surface area contributed by atoms with Crippen molar-refractivity contribution in [3.8, 4) is 0 Å². The van der Waals surface area contributed by atoms with E-state index in [4.69, 9.17) is 27.6 Å². The molecule has 0 saturated carbocycles. The minimum absolute atomic E-state index is 0.163. The van der Waals surface area contributed by atoms with E-state index in [-0.39, 0.29) is 6.42 Å². The van der Waals surface area contributed by atoms with Gasteiger partial charge in [0.15, 0.2) is 0 Å². The van der Waals surface area contributed by atoms with Crippen LogP contribution in [0.2, 0.25) is 5.02 Å². The zero-order chi connectivity index (χ0) is 13.3. The van der Waals surface area contributed by atoms with E-state index >= 15 is 0 Å². The molecule has 1 heterocycles. The fourth-order valence-electron chi connectivity index (χ4n) is 2.10. The Kier molecular flexibility index (Phi) is 3.98. The smallest absolute Gasteiger partial charge is 0.226 e. The first kappa shape index (κ1) is 13.4. The third-order valence-electron chi connectivity index (χ3n) is 2.75. The second-order valence-electron chi connectivity index (χ2n) is 4.83. The number of halogens is 2. The Morgan fingerprint density at radius 3 is 2.67 bits per heavy atom. The quantitative estimate of drug-likeness (QED) is 0.769. The van der Waals surface area contributed by atoms with Crippen molar-refractivity contribution in [3.63, 3.8) is 0 Å². The lowest BCUT2D eigenvalue weighted by Gasteiger charge is -2.06. The molecule has 0 fully saturated rings. The Labute approximate surface area is 116 Å². The van der Waals surface area contributed by atoms with Crippen LogP contribution in [-0.2, 0) is 17.6 Å². The molecular weight excluding hydrogens is 271 g/mol. The zero-order valence-electron chi connectivity index (χ0n) is 10.3. The van der Waals surface area contributed by atoms with Crippen LogP contribution in [0.5, 0.6) is 0 Å². The summed E-state index contributed by atoms with van der Waals surface area (Å²) in [4.78, 5) is 11.0. The summed E-state index contributed by atoms with van der Waals surface area (Å²) in [6.45, 7) is 4.28. The van der Waals surface area contributed by atoms with Gasteiger partial charge in [0.25, 0.3) is 0 Å². The number of fused-ring (bicyclic) bond motifs is 1. The first-order chi connectivity index (χ1) is 8.47. The third-order valence-corrected chi connectivity index (χ3v) is 3.11. The van der Waals surface area contributed by atoms with Gasteiger partial charge in [0.1, 0.15) is 5.58 Å². The van der Waals surface area contributed by atoms with Crippen molar-refractivity contribution in [2.75, 3.05) is 0 Å². The van der Waals surface area contributed by atoms with Crippen LogP contribution in [-0.4, -0.2) is 5.24 Å². The van der Waals surface area contributed by atoms with E-state index in [1.54, 1.807) is 6.26 Å². The van der Waals surface area contributed by atoms with Crippen LogP contribution in [0.1, 0.15) is 25.0 Å². The van der Waals surface area contributed by atoms with Crippen molar-refractivity contribution in [2.45, 2.75) is 26.7 Å². The molecule has 0 radical (unpaired) electrons. The molecule has 96 valence electrons. The molecule has 2 nitrogen and oxygen atoms in total. The number of furan rings is 1. The highest BCUT2D eigenvalue weighted by atomic mass is 35.5. The van der Waals surface area contributed by atoms with Crippen LogP contribution in [0, 0.1) is 5.92 Å². The van der Waals surface area contributed by atoms with Crippen molar-refractivity contribution >= 4 is 39.4 Å². The molecular formula is C14H14Cl2O2. The molecule has 18 heavy (non-hydrogen) atoms. The molecule has 0 amide bonds. The van der Waals surface area contributed by atoms with Crippen LogP contribution in [0.3, 0.4) is 0 Å². The van der Waals surface area contributed by atoms with Crippen molar-refractivity contribution < 1.29 is 9.21 Å². The van der Waals surface area contributed by atoms with E-state index in [0.717, 1.165) is 28.5 Å². The van der Waals surface area contributed by atoms with Gasteiger partial charge in [0.2, 0.25) is 5.24 Å². The van der Waals surface area contributed by atoms with Crippen LogP contribution in [0.4, 0.5) is 0 Å². The minimum atomic E-state index is -0.400. The van der Waals surface area contributed by atoms with Gasteiger partial charge in [-0.3, -0.25) is 4.79 Å². The SMILES string of the molecule is CC(C)Cc1cc(Cl)cc2c(CC(=O)Cl)coc12. The normalized spacial score (nSPS) is 11.4. The van der Waals surface area contributed by atoms with Crippen LogP contribution < -0.4 is 0 Å². The lowest BCUT2D eigenvalue weighted by Crippen LogP contribution is -1.95. The van der Waals surface area contributed by atoms with Crippen molar-refractivity contribution in [2.24, 2.45) is 5.92 Å². The molecule has 0 atom stereocenters. The number of benzene rings is 1. The number of carbonyl (C=O) groups excluding carboxylic acids is 1. The van der Waals surface area contributed by atoms with Gasteiger partial charge in [-0.15, -0.1) is 0 Å². The lowest BCUT2D eigenvalue weighted by molar-refractivity contribution is -0.111. The summed E-state index contributed by atoms with van der Waals surface area (Å²) >= 11 is 11.5. The zero-order valence-corrected chi connectivity index (χ0v) is 11.8. The summed E-state index contributed by atoms with van der Waals surface area (Å²) in [5.74, 6) is 0.509. The van der Waals surface area contributed by atoms with Crippen molar-refractivity contribution in [1.29, 1.82) is 0 Å². The second kappa shape index (κ2) is 5.33. The highest BCUT2D eigenvalue weighted by Crippen LogP contribution is 2.30. The van der Waals surface area contributed by atoms with Gasteiger partial charge < -0.3 is 4.42 Å². The Hall–Kier alpha value is -0.990. The van der Waals surface area contributed by atoms with Gasteiger partial charge in [0.05, 0.1) is 12.7 Å². The maximum atomic E-state index is 11.0. The van der Waals surface area contributed by atoms with E-state index in [2.05, 4.69) is 13.8 Å². The number of carbonyl (C=O) groups is 1. The molecule has 0 aliphatic carbocycles. The van der Waals surface area contributed by atoms with Gasteiger partial charge in [-0.05, 0) is 41.6 Å². The largest absolute Gasteiger partial charge is 0.464 e. The molecule has 2 aromatic rings. The summed E-state index contributed by atoms with van der Waals surface area (Å²) in [5, 5.41) is 1.14. The standard InChI is InChI=1S/C14H14Cl2O2/c1-8(2)3-9-4-11(15)6-12-10(5-13(16)17)7-18-14(9)12/h4,6-8H,3,5H2,1-2H3. The first-order valence-corrected chi connectivity index (χ1v) is 6.59. The van der Waals surface area contributed by atoms with Gasteiger partial charge in [0, 0.05) is 16.0 Å². The molecule has 0 spiro atoms. The average molecular weight is 285 g/mol. The summed E-state index contributed by atoms with van der Waals surface area (Å²) in [6, 6.07) is 3.74. The molecule has 1 aromatic heterocycles. The highest BCUT2D eigenvalue weighted by molar-refractivity contribution is 6.63. The Morgan fingerprint density at radius 1 is 1.33 bits per heavy atom. The Bertz CT molecular complexity index is 585. The average Bonchev–Trinajstić information content (AvgIpc) is 2.60.